The summed E-state index contributed by atoms with van der Waals surface area (Å²) in [5.41, 5.74) is 2.76. The van der Waals surface area contributed by atoms with Crippen molar-refractivity contribution in [2.75, 3.05) is 27.2 Å². The first kappa shape index (κ1) is 33.7. The molecule has 1 aliphatic carbocycles. The van der Waals surface area contributed by atoms with Crippen LogP contribution in [0.2, 0.25) is 0 Å². The highest BCUT2D eigenvalue weighted by Gasteiger charge is 2.39. The molecule has 0 aromatic heterocycles. The smallest absolute Gasteiger partial charge is 0.329 e. The van der Waals surface area contributed by atoms with Crippen LogP contribution in [0, 0.1) is 11.8 Å². The summed E-state index contributed by atoms with van der Waals surface area (Å²) in [6.45, 7) is 11.0. The standard InChI is InChI=1S/C35H52N4O5/c1-22(2)29(38(7)34(42)31(23(3)4)36-32(40)27-15-10-11-19-37(27)6)21-24(5)33(41)39-20-12-16-28(39)35(43)44-30-18-17-25-13-8-9-14-26(25)30/h8-9,13-14,21-23,27-31H,10-12,15-20H2,1-7H3,(H,36,40)/b24-21+/t27-,28+,29-,30-,31+/m1/s1. The Morgan fingerprint density at radius 1 is 0.955 bits per heavy atom. The van der Waals surface area contributed by atoms with Crippen LogP contribution >= 0.6 is 0 Å². The number of carbonyl (C=O) groups is 4. The van der Waals surface area contributed by atoms with E-state index < -0.39 is 12.1 Å². The summed E-state index contributed by atoms with van der Waals surface area (Å²) in [4.78, 5) is 59.4. The SMILES string of the molecule is C/C(=C\[C@H](C(C)C)N(C)C(=O)[C@@H](NC(=O)[C@H]1CCCCN1C)C(C)C)C(=O)N1CCC[C@H]1C(=O)O[C@@H]1CCc2ccccc21. The number of hydrogen-bond donors (Lipinski definition) is 1. The minimum Gasteiger partial charge on any atom is -0.456 e. The predicted octanol–water partition coefficient (Wildman–Crippen LogP) is 4.26. The zero-order valence-electron chi connectivity index (χ0n) is 27.7. The molecule has 4 rings (SSSR count). The molecule has 3 amide bonds. The summed E-state index contributed by atoms with van der Waals surface area (Å²) in [6, 6.07) is 6.16. The van der Waals surface area contributed by atoms with E-state index >= 15 is 0 Å². The van der Waals surface area contributed by atoms with E-state index in [0.29, 0.717) is 18.5 Å². The maximum absolute atomic E-state index is 13.8. The Morgan fingerprint density at radius 2 is 1.66 bits per heavy atom. The van der Waals surface area contributed by atoms with Crippen LogP contribution in [0.25, 0.3) is 0 Å². The second kappa shape index (κ2) is 14.7. The molecule has 2 aliphatic heterocycles. The van der Waals surface area contributed by atoms with Crippen molar-refractivity contribution in [3.63, 3.8) is 0 Å². The van der Waals surface area contributed by atoms with Crippen LogP contribution in [0.3, 0.4) is 0 Å². The highest BCUT2D eigenvalue weighted by Crippen LogP contribution is 2.35. The van der Waals surface area contributed by atoms with E-state index in [9.17, 15) is 19.2 Å². The maximum atomic E-state index is 13.8. The normalized spacial score (nSPS) is 23.8. The molecule has 0 spiro atoms. The third-order valence-corrected chi connectivity index (χ3v) is 9.66. The third-order valence-electron chi connectivity index (χ3n) is 9.66. The summed E-state index contributed by atoms with van der Waals surface area (Å²) < 4.78 is 5.96. The van der Waals surface area contributed by atoms with E-state index in [1.165, 1.54) is 5.56 Å². The zero-order valence-corrected chi connectivity index (χ0v) is 27.7. The Morgan fingerprint density at radius 3 is 2.34 bits per heavy atom. The van der Waals surface area contributed by atoms with Crippen LogP contribution in [-0.4, -0.2) is 89.7 Å². The number of nitrogens with zero attached hydrogens (tertiary/aromatic N) is 3. The van der Waals surface area contributed by atoms with Crippen molar-refractivity contribution < 1.29 is 23.9 Å². The van der Waals surface area contributed by atoms with E-state index in [0.717, 1.165) is 50.6 Å². The molecule has 0 unspecified atom stereocenters. The summed E-state index contributed by atoms with van der Waals surface area (Å²) in [5.74, 6) is -0.939. The fourth-order valence-electron chi connectivity index (χ4n) is 6.96. The van der Waals surface area contributed by atoms with Crippen molar-refractivity contribution in [1.82, 2.24) is 20.0 Å². The molecule has 3 aliphatic rings. The lowest BCUT2D eigenvalue weighted by atomic mass is 9.96. The minimum atomic E-state index is -0.674. The third kappa shape index (κ3) is 7.53. The molecule has 1 aromatic rings. The van der Waals surface area contributed by atoms with Crippen LogP contribution in [-0.2, 0) is 30.3 Å². The van der Waals surface area contributed by atoms with Gasteiger partial charge in [-0.2, -0.15) is 0 Å². The molecular weight excluding hydrogens is 556 g/mol. The lowest BCUT2D eigenvalue weighted by molar-refractivity contribution is -0.157. The molecule has 0 bridgehead atoms. The second-order valence-corrected chi connectivity index (χ2v) is 13.6. The molecule has 242 valence electrons. The summed E-state index contributed by atoms with van der Waals surface area (Å²) >= 11 is 0. The predicted molar refractivity (Wildman–Crippen MR) is 171 cm³/mol. The van der Waals surface area contributed by atoms with Gasteiger partial charge in [0.25, 0.3) is 0 Å². The van der Waals surface area contributed by atoms with Gasteiger partial charge in [-0.1, -0.05) is 64.5 Å². The molecule has 1 N–H and O–H groups in total. The number of benzene rings is 1. The van der Waals surface area contributed by atoms with Gasteiger partial charge in [0, 0.05) is 19.2 Å². The molecule has 9 heteroatoms. The Balaban J connectivity index is 1.44. The number of aryl methyl sites for hydroxylation is 1. The van der Waals surface area contributed by atoms with Gasteiger partial charge in [-0.05, 0) is 82.0 Å². The first-order valence-corrected chi connectivity index (χ1v) is 16.5. The van der Waals surface area contributed by atoms with Crippen molar-refractivity contribution in [3.8, 4) is 0 Å². The van der Waals surface area contributed by atoms with Crippen molar-refractivity contribution in [1.29, 1.82) is 0 Å². The molecule has 44 heavy (non-hydrogen) atoms. The molecule has 2 heterocycles. The van der Waals surface area contributed by atoms with E-state index in [1.54, 1.807) is 23.8 Å². The Bertz CT molecular complexity index is 1240. The van der Waals surface area contributed by atoms with Crippen LogP contribution in [0.5, 0.6) is 0 Å². The minimum absolute atomic E-state index is 0.0152. The fraction of sp³-hybridized carbons (Fsp3) is 0.657. The zero-order chi connectivity index (χ0) is 32.1. The molecule has 0 saturated carbocycles. The number of nitrogens with one attached hydrogen (secondary N) is 1. The summed E-state index contributed by atoms with van der Waals surface area (Å²) in [6.07, 6.45) is 7.38. The fourth-order valence-corrected chi connectivity index (χ4v) is 6.96. The summed E-state index contributed by atoms with van der Waals surface area (Å²) in [7, 11) is 3.70. The number of piperidine rings is 1. The molecule has 5 atom stereocenters. The number of ether oxygens (including phenoxy) is 1. The Hall–Kier alpha value is -3.20. The number of amides is 3. The lowest BCUT2D eigenvalue weighted by Crippen LogP contribution is -2.57. The van der Waals surface area contributed by atoms with E-state index in [2.05, 4.69) is 16.3 Å². The Labute approximate surface area is 263 Å². The van der Waals surface area contributed by atoms with Crippen molar-refractivity contribution in [2.45, 2.75) is 110 Å². The van der Waals surface area contributed by atoms with E-state index in [1.807, 2.05) is 59.0 Å². The quantitative estimate of drug-likeness (QED) is 0.315. The maximum Gasteiger partial charge on any atom is 0.329 e. The summed E-state index contributed by atoms with van der Waals surface area (Å²) in [5, 5.41) is 3.05. The van der Waals surface area contributed by atoms with Crippen LogP contribution in [0.4, 0.5) is 0 Å². The topological polar surface area (TPSA) is 99.3 Å². The lowest BCUT2D eigenvalue weighted by Gasteiger charge is -2.36. The molecule has 9 nitrogen and oxygen atoms in total. The van der Waals surface area contributed by atoms with Gasteiger partial charge in [0.05, 0.1) is 12.1 Å². The van der Waals surface area contributed by atoms with Crippen molar-refractivity contribution >= 4 is 23.7 Å². The van der Waals surface area contributed by atoms with E-state index in [4.69, 9.17) is 4.74 Å². The second-order valence-electron chi connectivity index (χ2n) is 13.6. The first-order valence-electron chi connectivity index (χ1n) is 16.5. The van der Waals surface area contributed by atoms with Gasteiger partial charge in [0.2, 0.25) is 17.7 Å². The number of rotatable bonds is 10. The van der Waals surface area contributed by atoms with Crippen LogP contribution < -0.4 is 5.32 Å². The first-order chi connectivity index (χ1) is 20.9. The van der Waals surface area contributed by atoms with Gasteiger partial charge < -0.3 is 19.9 Å². The highest BCUT2D eigenvalue weighted by molar-refractivity contribution is 5.96. The van der Waals surface area contributed by atoms with Crippen molar-refractivity contribution in [2.24, 2.45) is 11.8 Å². The number of fused-ring (bicyclic) bond motifs is 1. The molecule has 2 saturated heterocycles. The van der Waals surface area contributed by atoms with Gasteiger partial charge in [-0.15, -0.1) is 0 Å². The molecule has 2 fully saturated rings. The van der Waals surface area contributed by atoms with Gasteiger partial charge >= 0.3 is 5.97 Å². The average molecular weight is 609 g/mol. The van der Waals surface area contributed by atoms with Crippen molar-refractivity contribution in [3.05, 3.63) is 47.0 Å². The number of esters is 1. The highest BCUT2D eigenvalue weighted by atomic mass is 16.5. The number of likely N-dealkylation sites (tertiary alicyclic amines) is 2. The Kier molecular flexibility index (Phi) is 11.3. The van der Waals surface area contributed by atoms with Crippen LogP contribution in [0.15, 0.2) is 35.9 Å². The number of hydrogen-bond acceptors (Lipinski definition) is 6. The number of carbonyl (C=O) groups excluding carboxylic acids is 4. The van der Waals surface area contributed by atoms with Gasteiger partial charge in [-0.3, -0.25) is 19.3 Å². The monoisotopic (exact) mass is 608 g/mol. The van der Waals surface area contributed by atoms with Crippen LogP contribution in [0.1, 0.15) is 90.4 Å². The van der Waals surface area contributed by atoms with Gasteiger partial charge in [-0.25, -0.2) is 4.79 Å². The molecule has 1 aromatic carbocycles. The van der Waals surface area contributed by atoms with Gasteiger partial charge in [0.15, 0.2) is 0 Å². The molecule has 0 radical (unpaired) electrons. The number of likely N-dealkylation sites (N-methyl/N-ethyl adjacent to an activating group) is 2. The van der Waals surface area contributed by atoms with Gasteiger partial charge in [0.1, 0.15) is 18.2 Å². The van der Waals surface area contributed by atoms with E-state index in [-0.39, 0.29) is 53.7 Å². The average Bonchev–Trinajstić information content (AvgIpc) is 3.65. The largest absolute Gasteiger partial charge is 0.456 e. The molecular formula is C35H52N4O5.